The van der Waals surface area contributed by atoms with E-state index < -0.39 is 0 Å². The van der Waals surface area contributed by atoms with Gasteiger partial charge in [0.05, 0.1) is 34.5 Å². The molecule has 6 heteroatoms. The molecule has 2 heterocycles. The second kappa shape index (κ2) is 8.51. The van der Waals surface area contributed by atoms with E-state index in [4.69, 9.17) is 4.98 Å². The summed E-state index contributed by atoms with van der Waals surface area (Å²) in [5, 5.41) is 5.87. The number of hydrogen-bond donors (Lipinski definition) is 1. The number of hydrogen-bond acceptors (Lipinski definition) is 5. The van der Waals surface area contributed by atoms with Gasteiger partial charge in [0, 0.05) is 22.9 Å². The molecule has 2 aromatic heterocycles. The number of fused-ring (bicyclic) bond motifs is 1. The number of carbonyl (C=O) groups is 1. The van der Waals surface area contributed by atoms with Crippen LogP contribution >= 0.6 is 11.3 Å². The molecule has 0 spiro atoms. The van der Waals surface area contributed by atoms with Gasteiger partial charge in [0.15, 0.2) is 0 Å². The second-order valence-corrected chi connectivity index (χ2v) is 7.94. The summed E-state index contributed by atoms with van der Waals surface area (Å²) >= 11 is 1.49. The number of nitrogens with one attached hydrogen (secondary N) is 1. The topological polar surface area (TPSA) is 58.1 Å². The number of anilines is 1. The molecule has 29 heavy (non-hydrogen) atoms. The average Bonchev–Trinajstić information content (AvgIpc) is 3.20. The third-order valence-corrected chi connectivity index (χ3v) is 5.18. The molecular formula is C23H22N4OS. The molecule has 4 rings (SSSR count). The molecule has 0 saturated heterocycles. The fourth-order valence-electron chi connectivity index (χ4n) is 3.29. The highest BCUT2D eigenvalue weighted by Crippen LogP contribution is 2.26. The van der Waals surface area contributed by atoms with Crippen molar-refractivity contribution >= 4 is 33.8 Å². The molecule has 2 aromatic carbocycles. The van der Waals surface area contributed by atoms with Crippen molar-refractivity contribution in [3.8, 4) is 11.3 Å². The number of nitrogens with zero attached hydrogens (tertiary/aromatic N) is 3. The van der Waals surface area contributed by atoms with Crippen molar-refractivity contribution < 1.29 is 4.79 Å². The lowest BCUT2D eigenvalue weighted by Crippen LogP contribution is -2.15. The van der Waals surface area contributed by atoms with E-state index in [0.29, 0.717) is 5.69 Å². The Morgan fingerprint density at radius 2 is 1.97 bits per heavy atom. The predicted molar refractivity (Wildman–Crippen MR) is 119 cm³/mol. The highest BCUT2D eigenvalue weighted by Gasteiger charge is 2.10. The quantitative estimate of drug-likeness (QED) is 0.512. The van der Waals surface area contributed by atoms with Gasteiger partial charge in [-0.1, -0.05) is 36.4 Å². The Balaban J connectivity index is 1.65. The first-order valence-corrected chi connectivity index (χ1v) is 10.3. The number of para-hydroxylation sites is 1. The monoisotopic (exact) mass is 402 g/mol. The summed E-state index contributed by atoms with van der Waals surface area (Å²) in [6.07, 6.45) is 0.256. The Kier molecular flexibility index (Phi) is 5.64. The highest BCUT2D eigenvalue weighted by molar-refractivity contribution is 7.07. The van der Waals surface area contributed by atoms with Crippen LogP contribution in [-0.2, 0) is 17.8 Å². The van der Waals surface area contributed by atoms with E-state index in [1.807, 2.05) is 35.7 Å². The van der Waals surface area contributed by atoms with E-state index in [1.54, 1.807) is 5.51 Å². The lowest BCUT2D eigenvalue weighted by atomic mass is 10.1. The summed E-state index contributed by atoms with van der Waals surface area (Å²) in [7, 11) is 4.11. The van der Waals surface area contributed by atoms with Gasteiger partial charge < -0.3 is 10.2 Å². The van der Waals surface area contributed by atoms with E-state index in [0.717, 1.165) is 34.4 Å². The Bertz CT molecular complexity index is 1140. The van der Waals surface area contributed by atoms with E-state index >= 15 is 0 Å². The largest absolute Gasteiger partial charge is 0.324 e. The molecule has 0 atom stereocenters. The second-order valence-electron chi connectivity index (χ2n) is 7.22. The molecule has 0 radical (unpaired) electrons. The third kappa shape index (κ3) is 4.67. The van der Waals surface area contributed by atoms with Crippen LogP contribution in [0.5, 0.6) is 0 Å². The zero-order valence-corrected chi connectivity index (χ0v) is 17.2. The SMILES string of the molecule is CN(C)Cc1cccc(-c2ccc3cccc(NC(=O)Cc4cscn4)c3n2)c1. The molecule has 5 nitrogen and oxygen atoms in total. The van der Waals surface area contributed by atoms with Crippen LogP contribution in [0.25, 0.3) is 22.2 Å². The molecule has 0 aliphatic rings. The van der Waals surface area contributed by atoms with E-state index in [1.165, 1.54) is 16.9 Å². The van der Waals surface area contributed by atoms with Crippen LogP contribution in [0.1, 0.15) is 11.3 Å². The maximum absolute atomic E-state index is 12.4. The normalized spacial score (nSPS) is 11.1. The fourth-order valence-corrected chi connectivity index (χ4v) is 3.84. The minimum atomic E-state index is -0.0939. The number of rotatable bonds is 6. The van der Waals surface area contributed by atoms with Crippen LogP contribution in [0, 0.1) is 0 Å². The fraction of sp³-hybridized carbons (Fsp3) is 0.174. The Morgan fingerprint density at radius 1 is 1.10 bits per heavy atom. The summed E-state index contributed by atoms with van der Waals surface area (Å²) in [5.41, 5.74) is 7.20. The van der Waals surface area contributed by atoms with Crippen molar-refractivity contribution in [1.82, 2.24) is 14.9 Å². The summed E-state index contributed by atoms with van der Waals surface area (Å²) in [6, 6.07) is 18.3. The molecule has 0 saturated carbocycles. The summed E-state index contributed by atoms with van der Waals surface area (Å²) in [4.78, 5) is 23.6. The zero-order valence-electron chi connectivity index (χ0n) is 16.4. The molecule has 0 aliphatic carbocycles. The van der Waals surface area contributed by atoms with Gasteiger partial charge in [-0.15, -0.1) is 11.3 Å². The third-order valence-electron chi connectivity index (χ3n) is 4.54. The minimum absolute atomic E-state index is 0.0939. The molecule has 0 unspecified atom stereocenters. The number of benzene rings is 2. The van der Waals surface area contributed by atoms with Crippen molar-refractivity contribution in [2.45, 2.75) is 13.0 Å². The van der Waals surface area contributed by atoms with Crippen LogP contribution in [0.15, 0.2) is 65.5 Å². The maximum Gasteiger partial charge on any atom is 0.230 e. The van der Waals surface area contributed by atoms with Gasteiger partial charge in [0.1, 0.15) is 0 Å². The van der Waals surface area contributed by atoms with Gasteiger partial charge >= 0.3 is 0 Å². The molecule has 0 bridgehead atoms. The molecule has 4 aromatic rings. The van der Waals surface area contributed by atoms with Gasteiger partial charge in [-0.25, -0.2) is 9.97 Å². The number of aromatic nitrogens is 2. The molecule has 1 amide bonds. The first-order chi connectivity index (χ1) is 14.1. The Hall–Kier alpha value is -3.09. The van der Waals surface area contributed by atoms with Crippen LogP contribution in [0.2, 0.25) is 0 Å². The van der Waals surface area contributed by atoms with Crippen molar-refractivity contribution in [2.24, 2.45) is 0 Å². The Morgan fingerprint density at radius 3 is 2.76 bits per heavy atom. The summed E-state index contributed by atoms with van der Waals surface area (Å²) in [6.45, 7) is 0.874. The number of amides is 1. The maximum atomic E-state index is 12.4. The lowest BCUT2D eigenvalue weighted by Gasteiger charge is -2.12. The van der Waals surface area contributed by atoms with Gasteiger partial charge in [0.2, 0.25) is 5.91 Å². The molecule has 1 N–H and O–H groups in total. The first-order valence-electron chi connectivity index (χ1n) is 9.39. The minimum Gasteiger partial charge on any atom is -0.324 e. The van der Waals surface area contributed by atoms with Crippen LogP contribution in [0.3, 0.4) is 0 Å². The van der Waals surface area contributed by atoms with Crippen LogP contribution < -0.4 is 5.32 Å². The molecule has 0 fully saturated rings. The number of thiazole rings is 1. The first kappa shape index (κ1) is 19.2. The molecule has 146 valence electrons. The predicted octanol–water partition coefficient (Wildman–Crippen LogP) is 4.60. The summed E-state index contributed by atoms with van der Waals surface area (Å²) in [5.74, 6) is -0.0939. The number of pyridine rings is 1. The Labute approximate surface area is 174 Å². The zero-order chi connectivity index (χ0) is 20.2. The van der Waals surface area contributed by atoms with Crippen molar-refractivity contribution in [3.63, 3.8) is 0 Å². The van der Waals surface area contributed by atoms with E-state index in [-0.39, 0.29) is 12.3 Å². The van der Waals surface area contributed by atoms with E-state index in [2.05, 4.69) is 53.6 Å². The smallest absolute Gasteiger partial charge is 0.230 e. The molecule has 0 aliphatic heterocycles. The van der Waals surface area contributed by atoms with Gasteiger partial charge in [-0.05, 0) is 37.9 Å². The van der Waals surface area contributed by atoms with Gasteiger partial charge in [0.25, 0.3) is 0 Å². The average molecular weight is 403 g/mol. The highest BCUT2D eigenvalue weighted by atomic mass is 32.1. The van der Waals surface area contributed by atoms with E-state index in [9.17, 15) is 4.79 Å². The lowest BCUT2D eigenvalue weighted by molar-refractivity contribution is -0.115. The summed E-state index contributed by atoms with van der Waals surface area (Å²) < 4.78 is 0. The number of carbonyl (C=O) groups excluding carboxylic acids is 1. The standard InChI is InChI=1S/C23H22N4OS/c1-27(2)13-16-5-3-7-18(11-16)20-10-9-17-6-4-8-21(23(17)26-20)25-22(28)12-19-14-29-15-24-19/h3-11,14-15H,12-13H2,1-2H3,(H,25,28). The molecular weight excluding hydrogens is 380 g/mol. The van der Waals surface area contributed by atoms with Crippen LogP contribution in [0.4, 0.5) is 5.69 Å². The van der Waals surface area contributed by atoms with Gasteiger partial charge in [-0.3, -0.25) is 4.79 Å². The van der Waals surface area contributed by atoms with Crippen molar-refractivity contribution in [3.05, 3.63) is 76.7 Å². The van der Waals surface area contributed by atoms with Crippen molar-refractivity contribution in [2.75, 3.05) is 19.4 Å². The van der Waals surface area contributed by atoms with Crippen molar-refractivity contribution in [1.29, 1.82) is 0 Å². The van der Waals surface area contributed by atoms with Gasteiger partial charge in [-0.2, -0.15) is 0 Å². The van der Waals surface area contributed by atoms with Crippen LogP contribution in [-0.4, -0.2) is 34.9 Å².